The minimum Gasteiger partial charge on any atom is -0.495 e. The normalized spacial score (nSPS) is 11.3. The zero-order valence-electron chi connectivity index (χ0n) is 10.6. The number of rotatable bonds is 5. The summed E-state index contributed by atoms with van der Waals surface area (Å²) in [5, 5.41) is 0. The minimum atomic E-state index is -3.79. The van der Waals surface area contributed by atoms with Gasteiger partial charge in [0.15, 0.2) is 4.67 Å². The van der Waals surface area contributed by atoms with Gasteiger partial charge < -0.3 is 14.9 Å². The molecule has 8 heteroatoms. The van der Waals surface area contributed by atoms with Crippen molar-refractivity contribution >= 4 is 31.6 Å². The predicted octanol–water partition coefficient (Wildman–Crippen LogP) is 2.31. The third-order valence-corrected chi connectivity index (χ3v) is 4.77. The zero-order valence-corrected chi connectivity index (χ0v) is 13.0. The Hall–Kier alpha value is -1.51. The number of furan rings is 1. The van der Waals surface area contributed by atoms with Gasteiger partial charge >= 0.3 is 0 Å². The molecule has 1 aromatic carbocycles. The molecule has 3 N–H and O–H groups in total. The van der Waals surface area contributed by atoms with Gasteiger partial charge in [-0.25, -0.2) is 8.42 Å². The fraction of sp³-hybridized carbons (Fsp3) is 0.167. The van der Waals surface area contributed by atoms with Crippen molar-refractivity contribution in [3.05, 3.63) is 40.8 Å². The molecule has 1 heterocycles. The summed E-state index contributed by atoms with van der Waals surface area (Å²) in [6, 6.07) is 8.09. The van der Waals surface area contributed by atoms with Crippen LogP contribution in [0.2, 0.25) is 0 Å². The van der Waals surface area contributed by atoms with Crippen LogP contribution in [-0.4, -0.2) is 15.5 Å². The predicted molar refractivity (Wildman–Crippen MR) is 78.1 cm³/mol. The van der Waals surface area contributed by atoms with Gasteiger partial charge in [-0.05, 0) is 28.1 Å². The van der Waals surface area contributed by atoms with Crippen LogP contribution < -0.4 is 15.2 Å². The molecule has 0 atom stereocenters. The molecule has 0 radical (unpaired) electrons. The maximum absolute atomic E-state index is 12.3. The lowest BCUT2D eigenvalue weighted by atomic mass is 10.3. The monoisotopic (exact) mass is 360 g/mol. The summed E-state index contributed by atoms with van der Waals surface area (Å²) in [6.07, 6.45) is 0. The number of nitrogens with one attached hydrogen (secondary N) is 1. The number of methoxy groups -OCH3 is 1. The Balaban J connectivity index is 2.38. The van der Waals surface area contributed by atoms with Gasteiger partial charge in [0.25, 0.3) is 10.0 Å². The maximum Gasteiger partial charge on any atom is 0.266 e. The average molecular weight is 361 g/mol. The number of hydrogen-bond acceptors (Lipinski definition) is 5. The van der Waals surface area contributed by atoms with E-state index in [1.54, 1.807) is 24.3 Å². The summed E-state index contributed by atoms with van der Waals surface area (Å²) in [6.45, 7) is 0.114. The van der Waals surface area contributed by atoms with E-state index >= 15 is 0 Å². The van der Waals surface area contributed by atoms with Gasteiger partial charge in [0.2, 0.25) is 0 Å². The molecule has 0 aliphatic heterocycles. The highest BCUT2D eigenvalue weighted by Crippen LogP contribution is 2.30. The molecule has 0 saturated heterocycles. The maximum atomic E-state index is 12.3. The number of para-hydroxylation sites is 2. The molecule has 0 saturated carbocycles. The van der Waals surface area contributed by atoms with Crippen LogP contribution in [0.5, 0.6) is 5.75 Å². The van der Waals surface area contributed by atoms with Crippen molar-refractivity contribution in [1.82, 2.24) is 0 Å². The molecule has 0 aliphatic carbocycles. The van der Waals surface area contributed by atoms with Gasteiger partial charge in [-0.3, -0.25) is 4.72 Å². The molecule has 108 valence electrons. The smallest absolute Gasteiger partial charge is 0.266 e. The third-order valence-electron chi connectivity index (χ3n) is 2.55. The quantitative estimate of drug-likeness (QED) is 0.852. The van der Waals surface area contributed by atoms with Gasteiger partial charge in [0.05, 0.1) is 19.3 Å². The molecule has 0 unspecified atom stereocenters. The second kappa shape index (κ2) is 5.86. The Labute approximate surface area is 125 Å². The van der Waals surface area contributed by atoms with Crippen molar-refractivity contribution in [3.63, 3.8) is 0 Å². The Morgan fingerprint density at radius 2 is 2.10 bits per heavy atom. The molecular formula is C12H13BrN2O4S. The van der Waals surface area contributed by atoms with Crippen LogP contribution in [0.3, 0.4) is 0 Å². The highest BCUT2D eigenvalue weighted by molar-refractivity contribution is 9.10. The van der Waals surface area contributed by atoms with Crippen molar-refractivity contribution in [2.24, 2.45) is 5.73 Å². The van der Waals surface area contributed by atoms with Crippen LogP contribution >= 0.6 is 15.9 Å². The van der Waals surface area contributed by atoms with Crippen molar-refractivity contribution in [2.75, 3.05) is 11.8 Å². The molecule has 0 fully saturated rings. The fourth-order valence-electron chi connectivity index (χ4n) is 1.61. The lowest BCUT2D eigenvalue weighted by Crippen LogP contribution is -2.13. The van der Waals surface area contributed by atoms with E-state index in [1.165, 1.54) is 13.2 Å². The Morgan fingerprint density at radius 1 is 1.40 bits per heavy atom. The van der Waals surface area contributed by atoms with Crippen molar-refractivity contribution in [2.45, 2.75) is 11.4 Å². The average Bonchev–Trinajstić information content (AvgIpc) is 2.81. The molecule has 0 bridgehead atoms. The number of ether oxygens (including phenoxy) is 1. The largest absolute Gasteiger partial charge is 0.495 e. The Morgan fingerprint density at radius 3 is 2.70 bits per heavy atom. The van der Waals surface area contributed by atoms with Crippen LogP contribution in [0.4, 0.5) is 5.69 Å². The molecule has 1 aromatic heterocycles. The first-order chi connectivity index (χ1) is 9.47. The number of hydrogen-bond donors (Lipinski definition) is 2. The first kappa shape index (κ1) is 14.9. The van der Waals surface area contributed by atoms with Crippen LogP contribution in [0.15, 0.2) is 44.3 Å². The van der Waals surface area contributed by atoms with Gasteiger partial charge in [-0.15, -0.1) is 0 Å². The summed E-state index contributed by atoms with van der Waals surface area (Å²) in [7, 11) is -2.33. The van der Waals surface area contributed by atoms with E-state index in [2.05, 4.69) is 20.7 Å². The highest BCUT2D eigenvalue weighted by atomic mass is 79.9. The van der Waals surface area contributed by atoms with Gasteiger partial charge in [0.1, 0.15) is 16.4 Å². The standard InChI is InChI=1S/C12H13BrN2O4S/c1-18-10-5-3-2-4-9(10)15-20(16,17)11-6-8(7-14)19-12(11)13/h2-6,15H,7,14H2,1H3. The first-order valence-electron chi connectivity index (χ1n) is 5.62. The Kier molecular flexibility index (Phi) is 4.36. The van der Waals surface area contributed by atoms with Crippen molar-refractivity contribution in [1.29, 1.82) is 0 Å². The number of anilines is 1. The molecule has 20 heavy (non-hydrogen) atoms. The molecule has 0 amide bonds. The molecule has 0 spiro atoms. The van der Waals surface area contributed by atoms with E-state index in [1.807, 2.05) is 0 Å². The third kappa shape index (κ3) is 2.97. The SMILES string of the molecule is COc1ccccc1NS(=O)(=O)c1cc(CN)oc1Br. The van der Waals surface area contributed by atoms with E-state index in [0.29, 0.717) is 17.2 Å². The highest BCUT2D eigenvalue weighted by Gasteiger charge is 2.23. The number of nitrogens with two attached hydrogens (primary N) is 1. The van der Waals surface area contributed by atoms with E-state index in [9.17, 15) is 8.42 Å². The minimum absolute atomic E-state index is 0.0103. The van der Waals surface area contributed by atoms with Gasteiger partial charge in [0, 0.05) is 6.07 Å². The second-order valence-corrected chi connectivity index (χ2v) is 6.23. The summed E-state index contributed by atoms with van der Waals surface area (Å²) in [5.41, 5.74) is 5.77. The molecular weight excluding hydrogens is 348 g/mol. The molecule has 2 aromatic rings. The molecule has 6 nitrogen and oxygen atoms in total. The summed E-state index contributed by atoms with van der Waals surface area (Å²) >= 11 is 3.07. The summed E-state index contributed by atoms with van der Waals surface area (Å²) < 4.78 is 37.5. The van der Waals surface area contributed by atoms with E-state index in [4.69, 9.17) is 14.9 Å². The first-order valence-corrected chi connectivity index (χ1v) is 7.89. The van der Waals surface area contributed by atoms with E-state index < -0.39 is 10.0 Å². The van der Waals surface area contributed by atoms with Crippen molar-refractivity contribution < 1.29 is 17.6 Å². The molecule has 0 aliphatic rings. The van der Waals surface area contributed by atoms with Gasteiger partial charge in [-0.2, -0.15) is 0 Å². The summed E-state index contributed by atoms with van der Waals surface area (Å²) in [5.74, 6) is 0.798. The Bertz CT molecular complexity index is 712. The van der Waals surface area contributed by atoms with Crippen LogP contribution in [-0.2, 0) is 16.6 Å². The molecule has 2 rings (SSSR count). The lowest BCUT2D eigenvalue weighted by Gasteiger charge is -2.10. The zero-order chi connectivity index (χ0) is 14.8. The number of halogens is 1. The number of sulfonamides is 1. The van der Waals surface area contributed by atoms with Crippen LogP contribution in [0, 0.1) is 0 Å². The second-order valence-electron chi connectivity index (χ2n) is 3.86. The van der Waals surface area contributed by atoms with E-state index in [-0.39, 0.29) is 16.1 Å². The summed E-state index contributed by atoms with van der Waals surface area (Å²) in [4.78, 5) is -0.0103. The van der Waals surface area contributed by atoms with Crippen LogP contribution in [0.1, 0.15) is 5.76 Å². The van der Waals surface area contributed by atoms with Crippen molar-refractivity contribution in [3.8, 4) is 5.75 Å². The van der Waals surface area contributed by atoms with Crippen LogP contribution in [0.25, 0.3) is 0 Å². The van der Waals surface area contributed by atoms with Gasteiger partial charge in [-0.1, -0.05) is 12.1 Å². The topological polar surface area (TPSA) is 94.6 Å². The number of benzene rings is 1. The lowest BCUT2D eigenvalue weighted by molar-refractivity contribution is 0.417. The van der Waals surface area contributed by atoms with E-state index in [0.717, 1.165) is 0 Å². The fourth-order valence-corrected chi connectivity index (χ4v) is 3.68.